The Morgan fingerprint density at radius 2 is 2.08 bits per heavy atom. The van der Waals surface area contributed by atoms with Crippen LogP contribution in [-0.4, -0.2) is 48.9 Å². The van der Waals surface area contributed by atoms with Gasteiger partial charge in [0.1, 0.15) is 5.82 Å². The molecule has 4 nitrogen and oxygen atoms in total. The molecule has 0 aromatic heterocycles. The van der Waals surface area contributed by atoms with E-state index in [0.717, 1.165) is 31.5 Å². The van der Waals surface area contributed by atoms with Crippen molar-refractivity contribution in [2.75, 3.05) is 33.2 Å². The normalized spacial score (nSPS) is 17.8. The highest BCUT2D eigenvalue weighted by molar-refractivity contribution is 5.85. The molecule has 0 bridgehead atoms. The standard InChI is InChI=1S/C19H30FN3O.2ClH/c1-19(2,13-21)14-22(3)18(24)16-7-5-9-23(12-16)11-15-6-4-8-17(20)10-15;;/h4,6,8,10,16H,5,7,9,11-14,21H2,1-3H3;2*1H. The van der Waals surface area contributed by atoms with Gasteiger partial charge in [-0.25, -0.2) is 4.39 Å². The number of amides is 1. The van der Waals surface area contributed by atoms with E-state index in [4.69, 9.17) is 5.73 Å². The van der Waals surface area contributed by atoms with E-state index in [1.54, 1.807) is 12.1 Å². The van der Waals surface area contributed by atoms with Crippen molar-refractivity contribution in [3.05, 3.63) is 35.6 Å². The van der Waals surface area contributed by atoms with Crippen LogP contribution in [-0.2, 0) is 11.3 Å². The Morgan fingerprint density at radius 3 is 2.69 bits per heavy atom. The van der Waals surface area contributed by atoms with Crippen LogP contribution in [0.5, 0.6) is 0 Å². The summed E-state index contributed by atoms with van der Waals surface area (Å²) in [5, 5.41) is 0. The van der Waals surface area contributed by atoms with Crippen LogP contribution in [0.2, 0.25) is 0 Å². The molecule has 1 aliphatic rings. The number of nitrogens with zero attached hydrogens (tertiary/aromatic N) is 2. The quantitative estimate of drug-likeness (QED) is 0.786. The van der Waals surface area contributed by atoms with Crippen molar-refractivity contribution >= 4 is 30.7 Å². The van der Waals surface area contributed by atoms with Crippen molar-refractivity contribution in [1.82, 2.24) is 9.80 Å². The van der Waals surface area contributed by atoms with Gasteiger partial charge in [0.25, 0.3) is 0 Å². The Labute approximate surface area is 169 Å². The minimum atomic E-state index is -0.208. The average Bonchev–Trinajstić information content (AvgIpc) is 2.54. The van der Waals surface area contributed by atoms with Gasteiger partial charge in [0.15, 0.2) is 0 Å². The lowest BCUT2D eigenvalue weighted by Gasteiger charge is -2.36. The van der Waals surface area contributed by atoms with Gasteiger partial charge in [-0.3, -0.25) is 9.69 Å². The smallest absolute Gasteiger partial charge is 0.226 e. The van der Waals surface area contributed by atoms with Gasteiger partial charge in [-0.05, 0) is 49.0 Å². The van der Waals surface area contributed by atoms with Gasteiger partial charge in [0.05, 0.1) is 5.92 Å². The summed E-state index contributed by atoms with van der Waals surface area (Å²) in [7, 11) is 1.87. The molecule has 0 saturated carbocycles. The summed E-state index contributed by atoms with van der Waals surface area (Å²) in [6.07, 6.45) is 1.92. The van der Waals surface area contributed by atoms with Crippen LogP contribution >= 0.6 is 24.8 Å². The van der Waals surface area contributed by atoms with Gasteiger partial charge in [0.2, 0.25) is 5.91 Å². The molecule has 1 fully saturated rings. The first-order valence-electron chi connectivity index (χ1n) is 8.72. The van der Waals surface area contributed by atoms with Crippen LogP contribution in [0.4, 0.5) is 4.39 Å². The SMILES string of the molecule is CN(CC(C)(C)CN)C(=O)C1CCCN(Cc2cccc(F)c2)C1.Cl.Cl. The lowest BCUT2D eigenvalue weighted by Crippen LogP contribution is -2.46. The first-order chi connectivity index (χ1) is 11.3. The maximum absolute atomic E-state index is 13.3. The Morgan fingerprint density at radius 1 is 1.38 bits per heavy atom. The topological polar surface area (TPSA) is 49.6 Å². The summed E-state index contributed by atoms with van der Waals surface area (Å²) in [6.45, 7) is 7.77. The van der Waals surface area contributed by atoms with E-state index >= 15 is 0 Å². The van der Waals surface area contributed by atoms with Gasteiger partial charge in [0, 0.05) is 26.7 Å². The molecule has 0 aliphatic carbocycles. The van der Waals surface area contributed by atoms with Gasteiger partial charge in [-0.15, -0.1) is 24.8 Å². The summed E-state index contributed by atoms with van der Waals surface area (Å²) in [5.74, 6) is 0.00670. The van der Waals surface area contributed by atoms with Crippen molar-refractivity contribution in [1.29, 1.82) is 0 Å². The number of hydrogen-bond acceptors (Lipinski definition) is 3. The number of carbonyl (C=O) groups is 1. The number of carbonyl (C=O) groups excluding carboxylic acids is 1. The first-order valence-corrected chi connectivity index (χ1v) is 8.72. The summed E-state index contributed by atoms with van der Waals surface area (Å²) in [6, 6.07) is 6.70. The number of piperidine rings is 1. The summed E-state index contributed by atoms with van der Waals surface area (Å²) in [4.78, 5) is 16.8. The Hall–Kier alpha value is -0.880. The van der Waals surface area contributed by atoms with Crippen molar-refractivity contribution in [3.8, 4) is 0 Å². The zero-order valence-electron chi connectivity index (χ0n) is 15.9. The van der Waals surface area contributed by atoms with E-state index < -0.39 is 0 Å². The predicted molar refractivity (Wildman–Crippen MR) is 109 cm³/mol. The summed E-state index contributed by atoms with van der Waals surface area (Å²) < 4.78 is 13.3. The second-order valence-corrected chi connectivity index (χ2v) is 7.77. The molecular weight excluding hydrogens is 376 g/mol. The number of rotatable bonds is 6. The fourth-order valence-corrected chi connectivity index (χ4v) is 3.39. The molecule has 1 aromatic carbocycles. The van der Waals surface area contributed by atoms with Crippen molar-refractivity contribution in [3.63, 3.8) is 0 Å². The highest BCUT2D eigenvalue weighted by Gasteiger charge is 2.30. The van der Waals surface area contributed by atoms with Crippen molar-refractivity contribution in [2.24, 2.45) is 17.1 Å². The van der Waals surface area contributed by atoms with Gasteiger partial charge in [-0.2, -0.15) is 0 Å². The molecule has 1 aromatic rings. The van der Waals surface area contributed by atoms with E-state index in [9.17, 15) is 9.18 Å². The number of hydrogen-bond donors (Lipinski definition) is 1. The molecule has 2 N–H and O–H groups in total. The molecule has 1 amide bonds. The zero-order valence-corrected chi connectivity index (χ0v) is 17.5. The lowest BCUT2D eigenvalue weighted by atomic mass is 9.91. The van der Waals surface area contributed by atoms with Crippen LogP contribution < -0.4 is 5.73 Å². The van der Waals surface area contributed by atoms with Crippen LogP contribution in [0.25, 0.3) is 0 Å². The second kappa shape index (κ2) is 11.1. The summed E-state index contributed by atoms with van der Waals surface area (Å²) >= 11 is 0. The van der Waals surface area contributed by atoms with Crippen molar-refractivity contribution < 1.29 is 9.18 Å². The molecule has 26 heavy (non-hydrogen) atoms. The maximum atomic E-state index is 13.3. The minimum Gasteiger partial charge on any atom is -0.345 e. The third kappa shape index (κ3) is 7.39. The van der Waals surface area contributed by atoms with Gasteiger partial charge >= 0.3 is 0 Å². The highest BCUT2D eigenvalue weighted by atomic mass is 35.5. The molecule has 1 unspecified atom stereocenters. The molecule has 1 aliphatic heterocycles. The van der Waals surface area contributed by atoms with E-state index in [-0.39, 0.29) is 47.9 Å². The second-order valence-electron chi connectivity index (χ2n) is 7.77. The number of halogens is 3. The zero-order chi connectivity index (χ0) is 17.7. The molecule has 1 saturated heterocycles. The molecule has 7 heteroatoms. The first kappa shape index (κ1) is 25.1. The van der Waals surface area contributed by atoms with Crippen LogP contribution in [0.1, 0.15) is 32.3 Å². The molecule has 1 atom stereocenters. The maximum Gasteiger partial charge on any atom is 0.226 e. The van der Waals surface area contributed by atoms with Crippen LogP contribution in [0.3, 0.4) is 0 Å². The number of nitrogens with two attached hydrogens (primary N) is 1. The average molecular weight is 408 g/mol. The van der Waals surface area contributed by atoms with Crippen molar-refractivity contribution in [2.45, 2.75) is 33.2 Å². The summed E-state index contributed by atoms with van der Waals surface area (Å²) in [5.41, 5.74) is 6.67. The third-order valence-corrected chi connectivity index (χ3v) is 4.74. The van der Waals surface area contributed by atoms with Gasteiger partial charge < -0.3 is 10.6 Å². The van der Waals surface area contributed by atoms with Gasteiger partial charge in [-0.1, -0.05) is 26.0 Å². The van der Waals surface area contributed by atoms with Crippen LogP contribution in [0, 0.1) is 17.2 Å². The van der Waals surface area contributed by atoms with E-state index in [0.29, 0.717) is 19.6 Å². The lowest BCUT2D eigenvalue weighted by molar-refractivity contribution is -0.137. The Bertz CT molecular complexity index is 571. The minimum absolute atomic E-state index is 0. The predicted octanol–water partition coefficient (Wildman–Crippen LogP) is 3.32. The van der Waals surface area contributed by atoms with E-state index in [1.165, 1.54) is 6.07 Å². The number of likely N-dealkylation sites (tertiary alicyclic amines) is 1. The Kier molecular flexibility index (Phi) is 10.7. The van der Waals surface area contributed by atoms with E-state index in [2.05, 4.69) is 18.7 Å². The number of benzene rings is 1. The largest absolute Gasteiger partial charge is 0.345 e. The highest BCUT2D eigenvalue weighted by Crippen LogP contribution is 2.22. The molecule has 0 spiro atoms. The molecule has 2 rings (SSSR count). The molecular formula is C19H32Cl2FN3O. The fourth-order valence-electron chi connectivity index (χ4n) is 3.39. The molecule has 0 radical (unpaired) electrons. The Balaban J connectivity index is 0.00000312. The third-order valence-electron chi connectivity index (χ3n) is 4.74. The monoisotopic (exact) mass is 407 g/mol. The van der Waals surface area contributed by atoms with Crippen LogP contribution in [0.15, 0.2) is 24.3 Å². The van der Waals surface area contributed by atoms with E-state index in [1.807, 2.05) is 18.0 Å². The fraction of sp³-hybridized carbons (Fsp3) is 0.632. The molecule has 150 valence electrons. The molecule has 1 heterocycles.